The summed E-state index contributed by atoms with van der Waals surface area (Å²) < 4.78 is 1.70. The van der Waals surface area contributed by atoms with Crippen LogP contribution in [0.25, 0.3) is 0 Å². The first-order valence-corrected chi connectivity index (χ1v) is 6.57. The molecule has 0 bridgehead atoms. The van der Waals surface area contributed by atoms with Crippen LogP contribution in [0.5, 0.6) is 0 Å². The zero-order chi connectivity index (χ0) is 10.8. The van der Waals surface area contributed by atoms with Crippen LogP contribution in [0.2, 0.25) is 0 Å². The summed E-state index contributed by atoms with van der Waals surface area (Å²) in [4.78, 5) is 13.1. The average molecular weight is 302 g/mol. The van der Waals surface area contributed by atoms with Gasteiger partial charge in [-0.25, -0.2) is 0 Å². The van der Waals surface area contributed by atoms with E-state index in [1.54, 1.807) is 4.90 Å². The molecule has 5 heteroatoms. The maximum Gasteiger partial charge on any atom is 0.238 e. The lowest BCUT2D eigenvalue weighted by Crippen LogP contribution is -2.27. The Balaban J connectivity index is 2.15. The molecule has 0 N–H and O–H groups in total. The van der Waals surface area contributed by atoms with Crippen molar-refractivity contribution in [1.82, 2.24) is 4.90 Å². The van der Waals surface area contributed by atoms with Crippen LogP contribution in [-0.2, 0) is 11.3 Å². The highest BCUT2D eigenvalue weighted by Gasteiger charge is 2.26. The highest BCUT2D eigenvalue weighted by Crippen LogP contribution is 2.22. The van der Waals surface area contributed by atoms with Crippen LogP contribution in [0.1, 0.15) is 5.56 Å². The molecule has 0 unspecified atom stereocenters. The molecule has 15 heavy (non-hydrogen) atoms. The summed E-state index contributed by atoms with van der Waals surface area (Å²) >= 11 is 9.94. The topological polar surface area (TPSA) is 20.3 Å². The number of rotatable bonds is 2. The van der Waals surface area contributed by atoms with Crippen molar-refractivity contribution in [3.05, 3.63) is 34.3 Å². The van der Waals surface area contributed by atoms with Crippen LogP contribution in [0.4, 0.5) is 0 Å². The summed E-state index contributed by atoms with van der Waals surface area (Å²) in [6.07, 6.45) is 0. The molecule has 2 nitrogen and oxygen atoms in total. The molecule has 1 amide bonds. The van der Waals surface area contributed by atoms with Gasteiger partial charge >= 0.3 is 0 Å². The minimum absolute atomic E-state index is 0.102. The third-order valence-corrected chi connectivity index (χ3v) is 4.00. The highest BCUT2D eigenvalue weighted by atomic mass is 79.9. The fraction of sp³-hybridized carbons (Fsp3) is 0.200. The van der Waals surface area contributed by atoms with Crippen LogP contribution in [-0.4, -0.2) is 20.9 Å². The van der Waals surface area contributed by atoms with Crippen LogP contribution in [0.15, 0.2) is 28.7 Å². The zero-order valence-corrected chi connectivity index (χ0v) is 11.0. The third kappa shape index (κ3) is 2.59. The van der Waals surface area contributed by atoms with Crippen molar-refractivity contribution in [2.45, 2.75) is 6.54 Å². The lowest BCUT2D eigenvalue weighted by molar-refractivity contribution is -0.124. The predicted molar refractivity (Wildman–Crippen MR) is 69.7 cm³/mol. The van der Waals surface area contributed by atoms with E-state index in [2.05, 4.69) is 15.9 Å². The molecule has 1 fully saturated rings. The van der Waals surface area contributed by atoms with Crippen molar-refractivity contribution in [2.24, 2.45) is 0 Å². The van der Waals surface area contributed by atoms with E-state index >= 15 is 0 Å². The van der Waals surface area contributed by atoms with Gasteiger partial charge in [-0.05, 0) is 17.7 Å². The largest absolute Gasteiger partial charge is 0.293 e. The monoisotopic (exact) mass is 301 g/mol. The number of thioether (sulfide) groups is 1. The fourth-order valence-electron chi connectivity index (χ4n) is 1.35. The molecule has 1 aliphatic rings. The Morgan fingerprint density at radius 2 is 2.33 bits per heavy atom. The van der Waals surface area contributed by atoms with Crippen molar-refractivity contribution >= 4 is 50.1 Å². The molecule has 0 radical (unpaired) electrons. The normalized spacial score (nSPS) is 16.2. The number of benzene rings is 1. The van der Waals surface area contributed by atoms with Gasteiger partial charge in [0.1, 0.15) is 4.32 Å². The van der Waals surface area contributed by atoms with Crippen LogP contribution in [0.3, 0.4) is 0 Å². The van der Waals surface area contributed by atoms with Gasteiger partial charge in [-0.1, -0.05) is 52.0 Å². The molecule has 78 valence electrons. The van der Waals surface area contributed by atoms with Gasteiger partial charge in [0.2, 0.25) is 5.91 Å². The Hall–Kier alpha value is -0.390. The van der Waals surface area contributed by atoms with Gasteiger partial charge in [0.15, 0.2) is 0 Å². The number of thiocarbonyl (C=S) groups is 1. The van der Waals surface area contributed by atoms with Gasteiger partial charge in [-0.15, -0.1) is 0 Å². The molecule has 0 saturated carbocycles. The first-order chi connectivity index (χ1) is 7.16. The maximum absolute atomic E-state index is 11.5. The van der Waals surface area contributed by atoms with Crippen molar-refractivity contribution in [3.8, 4) is 0 Å². The van der Waals surface area contributed by atoms with Gasteiger partial charge in [-0.2, -0.15) is 0 Å². The van der Waals surface area contributed by atoms with Crippen molar-refractivity contribution in [1.29, 1.82) is 0 Å². The average Bonchev–Trinajstić information content (AvgIpc) is 2.50. The van der Waals surface area contributed by atoms with E-state index in [1.165, 1.54) is 11.8 Å². The van der Waals surface area contributed by atoms with E-state index in [-0.39, 0.29) is 5.91 Å². The van der Waals surface area contributed by atoms with E-state index in [1.807, 2.05) is 24.3 Å². The van der Waals surface area contributed by atoms with Crippen LogP contribution in [0, 0.1) is 0 Å². The van der Waals surface area contributed by atoms with Crippen LogP contribution < -0.4 is 0 Å². The Kier molecular flexibility index (Phi) is 3.43. The molecule has 1 heterocycles. The maximum atomic E-state index is 11.5. The fourth-order valence-corrected chi connectivity index (χ4v) is 2.87. The Morgan fingerprint density at radius 1 is 1.53 bits per heavy atom. The van der Waals surface area contributed by atoms with Gasteiger partial charge in [0.25, 0.3) is 0 Å². The summed E-state index contributed by atoms with van der Waals surface area (Å²) in [5, 5.41) is 0. The number of carbonyl (C=O) groups is 1. The molecule has 1 aromatic rings. The molecule has 1 saturated heterocycles. The minimum Gasteiger partial charge on any atom is -0.293 e. The lowest BCUT2D eigenvalue weighted by atomic mass is 10.2. The number of hydrogen-bond acceptors (Lipinski definition) is 3. The van der Waals surface area contributed by atoms with Gasteiger partial charge in [-0.3, -0.25) is 9.69 Å². The molecule has 0 atom stereocenters. The Morgan fingerprint density at radius 3 is 2.93 bits per heavy atom. The minimum atomic E-state index is 0.102. The molecule has 0 spiro atoms. The molecule has 1 aliphatic heterocycles. The van der Waals surface area contributed by atoms with Gasteiger partial charge in [0, 0.05) is 4.47 Å². The van der Waals surface area contributed by atoms with Crippen molar-refractivity contribution in [3.63, 3.8) is 0 Å². The summed E-state index contributed by atoms with van der Waals surface area (Å²) in [7, 11) is 0. The summed E-state index contributed by atoms with van der Waals surface area (Å²) in [6, 6.07) is 7.90. The number of nitrogens with zero attached hydrogens (tertiary/aromatic N) is 1. The first-order valence-electron chi connectivity index (χ1n) is 4.38. The highest BCUT2D eigenvalue weighted by molar-refractivity contribution is 9.10. The third-order valence-electron chi connectivity index (χ3n) is 2.07. The summed E-state index contributed by atoms with van der Waals surface area (Å²) in [5.74, 6) is 0.581. The first kappa shape index (κ1) is 11.1. The second-order valence-corrected chi connectivity index (χ2v) is 5.69. The van der Waals surface area contributed by atoms with Crippen molar-refractivity contribution in [2.75, 3.05) is 5.75 Å². The van der Waals surface area contributed by atoms with Crippen molar-refractivity contribution < 1.29 is 4.79 Å². The molecule has 0 aromatic heterocycles. The van der Waals surface area contributed by atoms with Gasteiger partial charge in [0.05, 0.1) is 12.3 Å². The predicted octanol–water partition coefficient (Wildman–Crippen LogP) is 2.81. The lowest BCUT2D eigenvalue weighted by Gasteiger charge is -2.14. The molecule has 2 rings (SSSR count). The molecular formula is C10H8BrNOS2. The van der Waals surface area contributed by atoms with Gasteiger partial charge < -0.3 is 0 Å². The summed E-state index contributed by atoms with van der Waals surface area (Å²) in [6.45, 7) is 0.574. The second-order valence-electron chi connectivity index (χ2n) is 3.16. The quantitative estimate of drug-likeness (QED) is 0.784. The smallest absolute Gasteiger partial charge is 0.238 e. The molecular weight excluding hydrogens is 294 g/mol. The van der Waals surface area contributed by atoms with E-state index < -0.39 is 0 Å². The van der Waals surface area contributed by atoms with E-state index in [4.69, 9.17) is 12.2 Å². The number of amides is 1. The molecule has 0 aliphatic carbocycles. The number of carbonyl (C=O) groups excluding carboxylic acids is 1. The SMILES string of the molecule is O=C1CSC(=S)N1Cc1cccc(Br)c1. The van der Waals surface area contributed by atoms with Crippen LogP contribution >= 0.6 is 39.9 Å². The van der Waals surface area contributed by atoms with E-state index in [9.17, 15) is 4.79 Å². The van der Waals surface area contributed by atoms with E-state index in [0.717, 1.165) is 10.0 Å². The Labute approximate surface area is 106 Å². The van der Waals surface area contributed by atoms with E-state index in [0.29, 0.717) is 16.6 Å². The zero-order valence-electron chi connectivity index (χ0n) is 7.77. The standard InChI is InChI=1S/C10H8BrNOS2/c11-8-3-1-2-7(4-8)5-12-9(13)6-15-10(12)14/h1-4H,5-6H2. The second kappa shape index (κ2) is 4.63. The number of hydrogen-bond donors (Lipinski definition) is 0. The summed E-state index contributed by atoms with van der Waals surface area (Å²) in [5.41, 5.74) is 1.09. The molecule has 1 aromatic carbocycles. The number of halogens is 1. The Bertz CT molecular complexity index is 406.